The molecule has 0 atom stereocenters. The minimum absolute atomic E-state index is 0.207. The number of hydrogen-bond donors (Lipinski definition) is 1. The van der Waals surface area contributed by atoms with Crippen LogP contribution in [0.4, 0.5) is 10.5 Å². The van der Waals surface area contributed by atoms with Crippen LogP contribution in [0.15, 0.2) is 41.3 Å². The van der Waals surface area contributed by atoms with Crippen LogP contribution in [-0.4, -0.2) is 53.1 Å². The van der Waals surface area contributed by atoms with Crippen molar-refractivity contribution in [1.82, 2.24) is 4.90 Å². The normalized spacial score (nSPS) is 21.4. The summed E-state index contributed by atoms with van der Waals surface area (Å²) in [5.74, 6) is 0.212. The Kier molecular flexibility index (Phi) is 5.89. The third-order valence-electron chi connectivity index (χ3n) is 7.61. The maximum absolute atomic E-state index is 12.6. The first kappa shape index (κ1) is 23.2. The van der Waals surface area contributed by atoms with Crippen molar-refractivity contribution >= 4 is 29.5 Å². The number of carboxylic acids is 1. The van der Waals surface area contributed by atoms with Crippen LogP contribution in [0.1, 0.15) is 60.2 Å². The van der Waals surface area contributed by atoms with Crippen molar-refractivity contribution in [2.24, 2.45) is 0 Å². The van der Waals surface area contributed by atoms with E-state index < -0.39 is 11.6 Å². The number of rotatable bonds is 4. The molecular weight excluding hydrogens is 448 g/mol. The van der Waals surface area contributed by atoms with Gasteiger partial charge < -0.3 is 9.84 Å². The van der Waals surface area contributed by atoms with Crippen molar-refractivity contribution in [3.05, 3.63) is 58.7 Å². The molecule has 5 rings (SSSR count). The zero-order valence-electron chi connectivity index (χ0n) is 20.1. The summed E-state index contributed by atoms with van der Waals surface area (Å²) in [4.78, 5) is 29.3. The summed E-state index contributed by atoms with van der Waals surface area (Å²) >= 11 is 1.99. The van der Waals surface area contributed by atoms with Crippen LogP contribution in [0.2, 0.25) is 0 Å². The molecule has 1 spiro atoms. The van der Waals surface area contributed by atoms with Crippen molar-refractivity contribution in [2.45, 2.75) is 62.5 Å². The lowest BCUT2D eigenvalue weighted by atomic mass is 9.80. The molecule has 6 nitrogen and oxygen atoms in total. The largest absolute Gasteiger partial charge is 0.478 e. The van der Waals surface area contributed by atoms with Crippen molar-refractivity contribution in [3.8, 4) is 0 Å². The lowest BCUT2D eigenvalue weighted by Crippen LogP contribution is -2.46. The Bertz CT molecular complexity index is 1120. The summed E-state index contributed by atoms with van der Waals surface area (Å²) in [5, 5.41) is 9.11. The first-order chi connectivity index (χ1) is 16.2. The second-order valence-electron chi connectivity index (χ2n) is 10.5. The molecule has 0 unspecified atom stereocenters. The number of amides is 1. The van der Waals surface area contributed by atoms with Crippen molar-refractivity contribution < 1.29 is 19.4 Å². The van der Waals surface area contributed by atoms with Crippen molar-refractivity contribution in [2.75, 3.05) is 30.3 Å². The lowest BCUT2D eigenvalue weighted by molar-refractivity contribution is -0.000994. The number of aryl methyl sites for hydroxylation is 1. The van der Waals surface area contributed by atoms with Gasteiger partial charge in [0.25, 0.3) is 0 Å². The van der Waals surface area contributed by atoms with E-state index in [-0.39, 0.29) is 17.1 Å². The molecule has 0 radical (unpaired) electrons. The summed E-state index contributed by atoms with van der Waals surface area (Å²) in [6.07, 6.45) is 2.46. The number of nitrogens with zero attached hydrogens (tertiary/aromatic N) is 2. The summed E-state index contributed by atoms with van der Waals surface area (Å²) in [7, 11) is 0. The van der Waals surface area contributed by atoms with E-state index >= 15 is 0 Å². The molecule has 2 saturated heterocycles. The maximum atomic E-state index is 12.6. The fourth-order valence-corrected chi connectivity index (χ4v) is 7.01. The van der Waals surface area contributed by atoms with Crippen LogP contribution in [-0.2, 0) is 16.7 Å². The molecule has 3 aliphatic rings. The van der Waals surface area contributed by atoms with Gasteiger partial charge in [-0.3, -0.25) is 9.80 Å². The van der Waals surface area contributed by atoms with E-state index in [2.05, 4.69) is 37.8 Å². The quantitative estimate of drug-likeness (QED) is 0.627. The van der Waals surface area contributed by atoms with E-state index in [1.165, 1.54) is 45.9 Å². The number of piperidine rings is 1. The highest BCUT2D eigenvalue weighted by Gasteiger charge is 2.47. The van der Waals surface area contributed by atoms with Gasteiger partial charge in [-0.25, -0.2) is 9.59 Å². The number of fused-ring (bicyclic) bond motifs is 1. The first-order valence-corrected chi connectivity index (χ1v) is 13.0. The van der Waals surface area contributed by atoms with Crippen molar-refractivity contribution in [1.29, 1.82) is 0 Å². The Labute approximate surface area is 205 Å². The standard InChI is InChI=1S/C27H32N2O4S/c1-18-14-19(15-22-23(18)34-13-10-26(22,2)3)16-28-11-8-27(9-12-28)17-29(25(32)33-27)21-6-4-20(5-7-21)24(30)31/h4-7,14-15H,8-13,16-17H2,1-3H3,(H,30,31). The molecule has 2 aromatic carbocycles. The molecule has 0 saturated carbocycles. The topological polar surface area (TPSA) is 70.1 Å². The molecular formula is C27H32N2O4S. The second kappa shape index (κ2) is 8.61. The second-order valence-corrected chi connectivity index (χ2v) is 11.6. The highest BCUT2D eigenvalue weighted by Crippen LogP contribution is 2.44. The number of carbonyl (C=O) groups excluding carboxylic acids is 1. The Morgan fingerprint density at radius 3 is 2.50 bits per heavy atom. The van der Waals surface area contributed by atoms with E-state index in [0.29, 0.717) is 12.2 Å². The summed E-state index contributed by atoms with van der Waals surface area (Å²) < 4.78 is 5.90. The molecule has 180 valence electrons. The molecule has 3 aliphatic heterocycles. The highest BCUT2D eigenvalue weighted by molar-refractivity contribution is 7.99. The number of anilines is 1. The van der Waals surface area contributed by atoms with Gasteiger partial charge in [0.2, 0.25) is 0 Å². The predicted octanol–water partition coefficient (Wildman–Crippen LogP) is 5.46. The van der Waals surface area contributed by atoms with Gasteiger partial charge >= 0.3 is 12.1 Å². The molecule has 0 aliphatic carbocycles. The number of carbonyl (C=O) groups is 2. The molecule has 7 heteroatoms. The first-order valence-electron chi connectivity index (χ1n) is 12.0. The predicted molar refractivity (Wildman–Crippen MR) is 134 cm³/mol. The fraction of sp³-hybridized carbons (Fsp3) is 0.481. The van der Waals surface area contributed by atoms with Crippen LogP contribution in [0.25, 0.3) is 0 Å². The number of carboxylic acid groups (broad SMARTS) is 1. The Morgan fingerprint density at radius 2 is 1.82 bits per heavy atom. The summed E-state index contributed by atoms with van der Waals surface area (Å²) in [6, 6.07) is 11.2. The van der Waals surface area contributed by atoms with E-state index in [9.17, 15) is 9.59 Å². The van der Waals surface area contributed by atoms with Gasteiger partial charge in [-0.2, -0.15) is 0 Å². The van der Waals surface area contributed by atoms with Gasteiger partial charge in [-0.15, -0.1) is 11.8 Å². The summed E-state index contributed by atoms with van der Waals surface area (Å²) in [5.41, 5.74) is 4.87. The molecule has 2 fully saturated rings. The van der Waals surface area contributed by atoms with Crippen LogP contribution in [0.3, 0.4) is 0 Å². The summed E-state index contributed by atoms with van der Waals surface area (Å²) in [6.45, 7) is 10.1. The zero-order chi connectivity index (χ0) is 24.1. The third kappa shape index (κ3) is 4.31. The minimum atomic E-state index is -0.976. The molecule has 34 heavy (non-hydrogen) atoms. The average Bonchev–Trinajstić information content (AvgIpc) is 3.12. The monoisotopic (exact) mass is 480 g/mol. The Morgan fingerprint density at radius 1 is 1.12 bits per heavy atom. The molecule has 1 N–H and O–H groups in total. The number of likely N-dealkylation sites (tertiary alicyclic amines) is 1. The molecule has 2 aromatic rings. The SMILES string of the molecule is Cc1cc(CN2CCC3(CC2)CN(c2ccc(C(=O)O)cc2)C(=O)O3)cc2c1SCCC2(C)C. The number of thioether (sulfide) groups is 1. The highest BCUT2D eigenvalue weighted by atomic mass is 32.2. The van der Waals surface area contributed by atoms with Crippen LogP contribution in [0, 0.1) is 6.92 Å². The van der Waals surface area contributed by atoms with Gasteiger partial charge in [0.15, 0.2) is 0 Å². The number of hydrogen-bond acceptors (Lipinski definition) is 5. The van der Waals surface area contributed by atoms with Gasteiger partial charge in [0.1, 0.15) is 5.60 Å². The molecule has 0 aromatic heterocycles. The van der Waals surface area contributed by atoms with E-state index in [0.717, 1.165) is 32.5 Å². The van der Waals surface area contributed by atoms with Crippen LogP contribution >= 0.6 is 11.8 Å². The number of ether oxygens (including phenoxy) is 1. The lowest BCUT2D eigenvalue weighted by Gasteiger charge is -2.38. The molecule has 1 amide bonds. The van der Waals surface area contributed by atoms with Crippen LogP contribution in [0.5, 0.6) is 0 Å². The smallest absolute Gasteiger partial charge is 0.415 e. The minimum Gasteiger partial charge on any atom is -0.478 e. The average molecular weight is 481 g/mol. The van der Waals surface area contributed by atoms with Gasteiger partial charge in [-0.05, 0) is 65.5 Å². The fourth-order valence-electron chi connectivity index (χ4n) is 5.42. The molecule has 3 heterocycles. The maximum Gasteiger partial charge on any atom is 0.415 e. The van der Waals surface area contributed by atoms with Gasteiger partial charge in [-0.1, -0.05) is 26.0 Å². The third-order valence-corrected chi connectivity index (χ3v) is 8.85. The number of benzene rings is 2. The number of aromatic carboxylic acids is 1. The van der Waals surface area contributed by atoms with Gasteiger partial charge in [0, 0.05) is 43.1 Å². The van der Waals surface area contributed by atoms with Gasteiger partial charge in [0.05, 0.1) is 12.1 Å². The van der Waals surface area contributed by atoms with E-state index in [1.807, 2.05) is 11.8 Å². The zero-order valence-corrected chi connectivity index (χ0v) is 20.9. The Hall–Kier alpha value is -2.51. The Balaban J connectivity index is 1.24. The van der Waals surface area contributed by atoms with Crippen molar-refractivity contribution in [3.63, 3.8) is 0 Å². The molecule has 0 bridgehead atoms. The van der Waals surface area contributed by atoms with E-state index in [4.69, 9.17) is 9.84 Å². The van der Waals surface area contributed by atoms with Crippen LogP contribution < -0.4 is 4.90 Å². The van der Waals surface area contributed by atoms with E-state index in [1.54, 1.807) is 17.0 Å².